The van der Waals surface area contributed by atoms with E-state index in [1.54, 1.807) is 12.1 Å². The first-order chi connectivity index (χ1) is 8.76. The summed E-state index contributed by atoms with van der Waals surface area (Å²) < 4.78 is 1.97. The van der Waals surface area contributed by atoms with Gasteiger partial charge in [0.1, 0.15) is 0 Å². The number of benzene rings is 1. The van der Waals surface area contributed by atoms with Crippen molar-refractivity contribution in [2.45, 2.75) is 19.4 Å². The van der Waals surface area contributed by atoms with Crippen molar-refractivity contribution in [1.82, 2.24) is 9.78 Å². The van der Waals surface area contributed by atoms with Crippen LogP contribution in [-0.2, 0) is 6.54 Å². The molecule has 0 N–H and O–H groups in total. The van der Waals surface area contributed by atoms with Gasteiger partial charge in [-0.15, -0.1) is 0 Å². The Kier molecular flexibility index (Phi) is 2.81. The first-order valence-corrected chi connectivity index (χ1v) is 6.36. The fraction of sp³-hybridized carbons (Fsp3) is 0.286. The lowest BCUT2D eigenvalue weighted by Crippen LogP contribution is -1.98. The Morgan fingerprint density at radius 2 is 2.28 bits per heavy atom. The summed E-state index contributed by atoms with van der Waals surface area (Å²) in [6, 6.07) is 7.42. The monoisotopic (exact) mass is 257 g/mol. The fourth-order valence-electron chi connectivity index (χ4n) is 1.99. The van der Waals surface area contributed by atoms with Gasteiger partial charge in [0.05, 0.1) is 17.8 Å². The Morgan fingerprint density at radius 3 is 2.94 bits per heavy atom. The molecule has 3 nitrogen and oxygen atoms in total. The van der Waals surface area contributed by atoms with Gasteiger partial charge in [0.15, 0.2) is 0 Å². The molecule has 0 atom stereocenters. The lowest BCUT2D eigenvalue weighted by atomic mass is 10.1. The van der Waals surface area contributed by atoms with Gasteiger partial charge in [0.25, 0.3) is 0 Å². The molecule has 2 aromatic rings. The lowest BCUT2D eigenvalue weighted by molar-refractivity contribution is 0.563. The molecule has 1 fully saturated rings. The number of nitrogens with zero attached hydrogens (tertiary/aromatic N) is 3. The number of nitriles is 1. The van der Waals surface area contributed by atoms with Crippen molar-refractivity contribution in [1.29, 1.82) is 5.26 Å². The Labute approximate surface area is 111 Å². The van der Waals surface area contributed by atoms with Crippen molar-refractivity contribution in [3.8, 4) is 17.2 Å². The maximum absolute atomic E-state index is 8.81. The maximum atomic E-state index is 8.81. The van der Waals surface area contributed by atoms with Gasteiger partial charge in [-0.25, -0.2) is 0 Å². The van der Waals surface area contributed by atoms with Crippen LogP contribution in [0.3, 0.4) is 0 Å². The highest BCUT2D eigenvalue weighted by Gasteiger charge is 2.22. The minimum absolute atomic E-state index is 0.578. The van der Waals surface area contributed by atoms with Gasteiger partial charge in [-0.05, 0) is 30.9 Å². The summed E-state index contributed by atoms with van der Waals surface area (Å²) in [5.41, 5.74) is 2.51. The molecule has 1 aromatic heterocycles. The Morgan fingerprint density at radius 1 is 1.44 bits per heavy atom. The van der Waals surface area contributed by atoms with Crippen molar-refractivity contribution in [3.05, 3.63) is 41.2 Å². The van der Waals surface area contributed by atoms with Crippen molar-refractivity contribution >= 4 is 11.6 Å². The van der Waals surface area contributed by atoms with E-state index in [-0.39, 0.29) is 0 Å². The third-order valence-corrected chi connectivity index (χ3v) is 3.50. The first-order valence-electron chi connectivity index (χ1n) is 5.99. The number of hydrogen-bond acceptors (Lipinski definition) is 2. The first kappa shape index (κ1) is 11.3. The number of hydrogen-bond donors (Lipinski definition) is 0. The molecule has 0 aliphatic heterocycles. The van der Waals surface area contributed by atoms with Gasteiger partial charge < -0.3 is 0 Å². The SMILES string of the molecule is N#Cc1ccc(-c2cnn(CC3CC3)c2)c(Cl)c1. The minimum Gasteiger partial charge on any atom is -0.272 e. The van der Waals surface area contributed by atoms with Gasteiger partial charge in [-0.1, -0.05) is 17.7 Å². The van der Waals surface area contributed by atoms with E-state index < -0.39 is 0 Å². The van der Waals surface area contributed by atoms with Crippen LogP contribution in [0.25, 0.3) is 11.1 Å². The predicted molar refractivity (Wildman–Crippen MR) is 70.1 cm³/mol. The van der Waals surface area contributed by atoms with Crippen LogP contribution in [0, 0.1) is 17.2 Å². The van der Waals surface area contributed by atoms with E-state index in [4.69, 9.17) is 16.9 Å². The molecule has 18 heavy (non-hydrogen) atoms. The van der Waals surface area contributed by atoms with E-state index >= 15 is 0 Å². The molecule has 1 aromatic carbocycles. The molecule has 3 rings (SSSR count). The van der Waals surface area contributed by atoms with Crippen molar-refractivity contribution < 1.29 is 0 Å². The fourth-order valence-corrected chi connectivity index (χ4v) is 2.28. The molecule has 0 bridgehead atoms. The molecule has 0 spiro atoms. The van der Waals surface area contributed by atoms with E-state index in [0.717, 1.165) is 23.6 Å². The highest BCUT2D eigenvalue weighted by atomic mass is 35.5. The second kappa shape index (κ2) is 4.47. The van der Waals surface area contributed by atoms with Crippen LogP contribution in [0.5, 0.6) is 0 Å². The topological polar surface area (TPSA) is 41.6 Å². The summed E-state index contributed by atoms with van der Waals surface area (Å²) in [5, 5.41) is 13.8. The molecule has 0 amide bonds. The van der Waals surface area contributed by atoms with Crippen molar-refractivity contribution in [2.24, 2.45) is 5.92 Å². The van der Waals surface area contributed by atoms with E-state index in [9.17, 15) is 0 Å². The molecule has 90 valence electrons. The highest BCUT2D eigenvalue weighted by Crippen LogP contribution is 2.32. The summed E-state index contributed by atoms with van der Waals surface area (Å²) in [7, 11) is 0. The van der Waals surface area contributed by atoms with Crippen molar-refractivity contribution in [2.75, 3.05) is 0 Å². The predicted octanol–water partition coefficient (Wildman–Crippen LogP) is 3.49. The maximum Gasteiger partial charge on any atom is 0.0992 e. The van der Waals surface area contributed by atoms with Gasteiger partial charge >= 0.3 is 0 Å². The van der Waals surface area contributed by atoms with Gasteiger partial charge in [0.2, 0.25) is 0 Å². The van der Waals surface area contributed by atoms with Crippen LogP contribution in [-0.4, -0.2) is 9.78 Å². The number of aromatic nitrogens is 2. The molecule has 1 aliphatic carbocycles. The van der Waals surface area contributed by atoms with Crippen LogP contribution in [0.4, 0.5) is 0 Å². The minimum atomic E-state index is 0.578. The van der Waals surface area contributed by atoms with Gasteiger partial charge in [-0.3, -0.25) is 4.68 Å². The van der Waals surface area contributed by atoms with E-state index in [0.29, 0.717) is 10.6 Å². The summed E-state index contributed by atoms with van der Waals surface area (Å²) in [6.45, 7) is 0.994. The largest absolute Gasteiger partial charge is 0.272 e. The lowest BCUT2D eigenvalue weighted by Gasteiger charge is -2.01. The van der Waals surface area contributed by atoms with E-state index in [2.05, 4.69) is 11.2 Å². The molecular weight excluding hydrogens is 246 g/mol. The number of halogens is 1. The zero-order valence-electron chi connectivity index (χ0n) is 9.81. The smallest absolute Gasteiger partial charge is 0.0992 e. The summed E-state index contributed by atoms with van der Waals surface area (Å²) in [4.78, 5) is 0. The molecule has 0 saturated heterocycles. The Hall–Kier alpha value is -1.79. The molecule has 1 saturated carbocycles. The Bertz CT molecular complexity index is 620. The quantitative estimate of drug-likeness (QED) is 0.845. The van der Waals surface area contributed by atoms with Crippen molar-refractivity contribution in [3.63, 3.8) is 0 Å². The zero-order valence-corrected chi connectivity index (χ0v) is 10.6. The molecule has 0 radical (unpaired) electrons. The standard InChI is InChI=1S/C14H12ClN3/c15-14-5-11(6-16)3-4-13(14)12-7-17-18(9-12)8-10-1-2-10/h3-5,7,9-10H,1-2,8H2. The van der Waals surface area contributed by atoms with Crippen LogP contribution < -0.4 is 0 Å². The second-order valence-corrected chi connectivity index (χ2v) is 5.11. The average Bonchev–Trinajstić information content (AvgIpc) is 3.06. The average molecular weight is 258 g/mol. The molecule has 1 heterocycles. The van der Waals surface area contributed by atoms with E-state index in [1.807, 2.05) is 23.1 Å². The van der Waals surface area contributed by atoms with Crippen LogP contribution >= 0.6 is 11.6 Å². The van der Waals surface area contributed by atoms with Crippen LogP contribution in [0.1, 0.15) is 18.4 Å². The van der Waals surface area contributed by atoms with Crippen LogP contribution in [0.2, 0.25) is 5.02 Å². The molecule has 0 unspecified atom stereocenters. The van der Waals surface area contributed by atoms with Gasteiger partial charge in [-0.2, -0.15) is 10.4 Å². The summed E-state index contributed by atoms with van der Waals surface area (Å²) in [5.74, 6) is 0.800. The molecular formula is C14H12ClN3. The summed E-state index contributed by atoms with van der Waals surface area (Å²) >= 11 is 6.18. The summed E-state index contributed by atoms with van der Waals surface area (Å²) in [6.07, 6.45) is 6.47. The zero-order chi connectivity index (χ0) is 12.5. The van der Waals surface area contributed by atoms with E-state index in [1.165, 1.54) is 12.8 Å². The molecule has 4 heteroatoms. The third kappa shape index (κ3) is 2.25. The highest BCUT2D eigenvalue weighted by molar-refractivity contribution is 6.33. The number of rotatable bonds is 3. The molecule has 1 aliphatic rings. The van der Waals surface area contributed by atoms with Gasteiger partial charge in [0, 0.05) is 28.9 Å². The third-order valence-electron chi connectivity index (χ3n) is 3.18. The Balaban J connectivity index is 1.89. The normalized spacial score (nSPS) is 14.4. The second-order valence-electron chi connectivity index (χ2n) is 4.70. The van der Waals surface area contributed by atoms with Crippen LogP contribution in [0.15, 0.2) is 30.6 Å².